The Balaban J connectivity index is 1.66. The summed E-state index contributed by atoms with van der Waals surface area (Å²) in [5, 5.41) is 6.32. The van der Waals surface area contributed by atoms with Gasteiger partial charge in [0.1, 0.15) is 5.70 Å². The van der Waals surface area contributed by atoms with Crippen molar-refractivity contribution in [2.45, 2.75) is 6.92 Å². The number of nitrogens with one attached hydrogen (secondary N) is 2. The van der Waals surface area contributed by atoms with E-state index in [1.54, 1.807) is 66.7 Å². The highest BCUT2D eigenvalue weighted by Gasteiger charge is 2.19. The summed E-state index contributed by atoms with van der Waals surface area (Å²) in [5.74, 6) is 0.161. The first-order valence-electron chi connectivity index (χ1n) is 9.65. The molecule has 6 nitrogen and oxygen atoms in total. The van der Waals surface area contributed by atoms with Crippen LogP contribution < -0.4 is 20.1 Å². The molecule has 1 aliphatic rings. The van der Waals surface area contributed by atoms with Crippen molar-refractivity contribution >= 4 is 46.8 Å². The monoisotopic (exact) mass is 468 g/mol. The van der Waals surface area contributed by atoms with E-state index in [4.69, 9.17) is 32.7 Å². The highest BCUT2D eigenvalue weighted by Crippen LogP contribution is 2.33. The minimum Gasteiger partial charge on any atom is -0.454 e. The number of rotatable bonds is 5. The fourth-order valence-electron chi connectivity index (χ4n) is 3.12. The zero-order valence-electron chi connectivity index (χ0n) is 16.9. The largest absolute Gasteiger partial charge is 0.454 e. The third-order valence-electron chi connectivity index (χ3n) is 4.76. The van der Waals surface area contributed by atoms with Crippen LogP contribution >= 0.6 is 23.2 Å². The summed E-state index contributed by atoms with van der Waals surface area (Å²) in [7, 11) is 0. The molecule has 0 aliphatic carbocycles. The van der Waals surface area contributed by atoms with Crippen molar-refractivity contribution in [3.05, 3.63) is 93.1 Å². The van der Waals surface area contributed by atoms with Crippen molar-refractivity contribution in [1.82, 2.24) is 5.32 Å². The van der Waals surface area contributed by atoms with Gasteiger partial charge in [-0.05, 0) is 66.6 Å². The molecule has 0 bridgehead atoms. The van der Waals surface area contributed by atoms with E-state index >= 15 is 0 Å². The first-order chi connectivity index (χ1) is 15.4. The van der Waals surface area contributed by atoms with E-state index in [9.17, 15) is 9.59 Å². The lowest BCUT2D eigenvalue weighted by atomic mass is 10.1. The zero-order valence-corrected chi connectivity index (χ0v) is 18.5. The fraction of sp³-hybridized carbons (Fsp3) is 0.0833. The third-order valence-corrected chi connectivity index (χ3v) is 5.32. The van der Waals surface area contributed by atoms with Gasteiger partial charge in [0.25, 0.3) is 11.8 Å². The Kier molecular flexibility index (Phi) is 6.35. The van der Waals surface area contributed by atoms with Gasteiger partial charge >= 0.3 is 0 Å². The number of carbonyl (C=O) groups is 2. The number of anilines is 1. The Morgan fingerprint density at radius 2 is 1.75 bits per heavy atom. The van der Waals surface area contributed by atoms with Gasteiger partial charge in [0, 0.05) is 10.7 Å². The number of carbonyl (C=O) groups excluding carboxylic acids is 2. The maximum absolute atomic E-state index is 13.1. The first kappa shape index (κ1) is 21.7. The van der Waals surface area contributed by atoms with Gasteiger partial charge in [-0.25, -0.2) is 0 Å². The molecule has 0 atom stereocenters. The molecule has 0 aromatic heterocycles. The molecule has 0 spiro atoms. The lowest BCUT2D eigenvalue weighted by Crippen LogP contribution is -2.31. The van der Waals surface area contributed by atoms with Gasteiger partial charge in [-0.3, -0.25) is 9.59 Å². The molecule has 2 amide bonds. The Bertz CT molecular complexity index is 1240. The minimum absolute atomic E-state index is 0.0307. The number of amides is 2. The molecule has 0 unspecified atom stereocenters. The maximum Gasteiger partial charge on any atom is 0.272 e. The van der Waals surface area contributed by atoms with Crippen molar-refractivity contribution in [2.24, 2.45) is 0 Å². The normalized spacial score (nSPS) is 12.4. The van der Waals surface area contributed by atoms with Crippen LogP contribution in [0.15, 0.2) is 66.4 Å². The average molecular weight is 469 g/mol. The summed E-state index contributed by atoms with van der Waals surface area (Å²) in [6, 6.07) is 16.9. The first-order valence-corrected chi connectivity index (χ1v) is 10.4. The predicted molar refractivity (Wildman–Crippen MR) is 124 cm³/mol. The number of aryl methyl sites for hydroxylation is 1. The SMILES string of the molecule is Cc1cc(Cl)ccc1NC(=O)C(=Cc1ccc2c(c1)OCO2)NC(=O)c1ccccc1Cl. The van der Waals surface area contributed by atoms with Crippen molar-refractivity contribution in [3.63, 3.8) is 0 Å². The van der Waals surface area contributed by atoms with Gasteiger partial charge in [0.15, 0.2) is 11.5 Å². The molecule has 162 valence electrons. The van der Waals surface area contributed by atoms with Crippen LogP contribution in [0, 0.1) is 6.92 Å². The molecule has 1 heterocycles. The molecular weight excluding hydrogens is 451 g/mol. The van der Waals surface area contributed by atoms with Crippen molar-refractivity contribution in [1.29, 1.82) is 0 Å². The van der Waals surface area contributed by atoms with Crippen molar-refractivity contribution < 1.29 is 19.1 Å². The quantitative estimate of drug-likeness (QED) is 0.488. The summed E-state index contributed by atoms with van der Waals surface area (Å²) in [5.41, 5.74) is 2.28. The summed E-state index contributed by atoms with van der Waals surface area (Å²) >= 11 is 12.2. The van der Waals surface area contributed by atoms with E-state index in [1.165, 1.54) is 0 Å². The van der Waals surface area contributed by atoms with Crippen LogP contribution in [0.2, 0.25) is 10.0 Å². The van der Waals surface area contributed by atoms with Crippen LogP contribution in [0.4, 0.5) is 5.69 Å². The highest BCUT2D eigenvalue weighted by molar-refractivity contribution is 6.34. The van der Waals surface area contributed by atoms with E-state index in [2.05, 4.69) is 10.6 Å². The van der Waals surface area contributed by atoms with Crippen LogP contribution in [0.5, 0.6) is 11.5 Å². The van der Waals surface area contributed by atoms with Crippen LogP contribution in [-0.2, 0) is 4.79 Å². The van der Waals surface area contributed by atoms with Crippen molar-refractivity contribution in [2.75, 3.05) is 12.1 Å². The summed E-state index contributed by atoms with van der Waals surface area (Å²) in [6.45, 7) is 1.96. The van der Waals surface area contributed by atoms with Crippen molar-refractivity contribution in [3.8, 4) is 11.5 Å². The van der Waals surface area contributed by atoms with Crippen LogP contribution in [0.25, 0.3) is 6.08 Å². The number of ether oxygens (including phenoxy) is 2. The molecule has 3 aromatic rings. The van der Waals surface area contributed by atoms with Crippen LogP contribution in [0.1, 0.15) is 21.5 Å². The molecule has 0 saturated heterocycles. The lowest BCUT2D eigenvalue weighted by Gasteiger charge is -2.13. The van der Waals surface area contributed by atoms with Crippen LogP contribution in [0.3, 0.4) is 0 Å². The van der Waals surface area contributed by atoms with Gasteiger partial charge in [-0.15, -0.1) is 0 Å². The van der Waals surface area contributed by atoms with E-state index < -0.39 is 11.8 Å². The molecule has 1 aliphatic heterocycles. The third kappa shape index (κ3) is 4.88. The maximum atomic E-state index is 13.1. The molecular formula is C24H18Cl2N2O4. The standard InChI is InChI=1S/C24H18Cl2N2O4/c1-14-10-16(25)7-8-19(14)27-24(30)20(28-23(29)17-4-2-3-5-18(17)26)11-15-6-9-21-22(12-15)32-13-31-21/h2-12H,13H2,1H3,(H,27,30)(H,28,29). The number of hydrogen-bond acceptors (Lipinski definition) is 4. The van der Waals surface area contributed by atoms with Crippen LogP contribution in [-0.4, -0.2) is 18.6 Å². The molecule has 32 heavy (non-hydrogen) atoms. The predicted octanol–water partition coefficient (Wildman–Crippen LogP) is 5.44. The Morgan fingerprint density at radius 1 is 0.969 bits per heavy atom. The molecule has 3 aromatic carbocycles. The number of fused-ring (bicyclic) bond motifs is 1. The smallest absolute Gasteiger partial charge is 0.272 e. The zero-order chi connectivity index (χ0) is 22.7. The van der Waals surface area contributed by atoms with Gasteiger partial charge in [-0.1, -0.05) is 41.4 Å². The van der Waals surface area contributed by atoms with E-state index in [-0.39, 0.29) is 23.1 Å². The molecule has 4 rings (SSSR count). The Labute approximate surface area is 194 Å². The van der Waals surface area contributed by atoms with Gasteiger partial charge in [0.2, 0.25) is 6.79 Å². The van der Waals surface area contributed by atoms with Gasteiger partial charge in [-0.2, -0.15) is 0 Å². The molecule has 0 fully saturated rings. The van der Waals surface area contributed by atoms with E-state index in [0.717, 1.165) is 5.56 Å². The average Bonchev–Trinajstić information content (AvgIpc) is 3.23. The highest BCUT2D eigenvalue weighted by atomic mass is 35.5. The molecule has 8 heteroatoms. The van der Waals surface area contributed by atoms with E-state index in [1.807, 2.05) is 6.92 Å². The van der Waals surface area contributed by atoms with Gasteiger partial charge in [0.05, 0.1) is 10.6 Å². The fourth-order valence-corrected chi connectivity index (χ4v) is 3.57. The summed E-state index contributed by atoms with van der Waals surface area (Å²) in [6.07, 6.45) is 1.55. The topological polar surface area (TPSA) is 76.7 Å². The molecule has 0 radical (unpaired) electrons. The number of hydrogen-bond donors (Lipinski definition) is 2. The molecule has 2 N–H and O–H groups in total. The number of benzene rings is 3. The van der Waals surface area contributed by atoms with E-state index in [0.29, 0.717) is 27.8 Å². The number of halogens is 2. The summed E-state index contributed by atoms with van der Waals surface area (Å²) < 4.78 is 10.7. The second-order valence-corrected chi connectivity index (χ2v) is 7.86. The molecule has 0 saturated carbocycles. The lowest BCUT2D eigenvalue weighted by molar-refractivity contribution is -0.113. The summed E-state index contributed by atoms with van der Waals surface area (Å²) in [4.78, 5) is 26.0. The second-order valence-electron chi connectivity index (χ2n) is 7.02. The minimum atomic E-state index is -0.509. The van der Waals surface area contributed by atoms with Gasteiger partial charge < -0.3 is 20.1 Å². The Morgan fingerprint density at radius 3 is 2.53 bits per heavy atom. The Hall–Kier alpha value is -3.48. The second kappa shape index (κ2) is 9.34.